The van der Waals surface area contributed by atoms with E-state index in [1.807, 2.05) is 0 Å². The van der Waals surface area contributed by atoms with Gasteiger partial charge in [-0.05, 0) is 36.6 Å². The van der Waals surface area contributed by atoms with Crippen LogP contribution in [-0.4, -0.2) is 26.4 Å². The summed E-state index contributed by atoms with van der Waals surface area (Å²) in [5.74, 6) is -1.32. The van der Waals surface area contributed by atoms with Crippen LogP contribution in [0.3, 0.4) is 0 Å². The summed E-state index contributed by atoms with van der Waals surface area (Å²) in [5, 5.41) is 25.3. The van der Waals surface area contributed by atoms with Crippen LogP contribution >= 0.6 is 0 Å². The third-order valence-electron chi connectivity index (χ3n) is 3.89. The van der Waals surface area contributed by atoms with Gasteiger partial charge >= 0.3 is 12.1 Å². The normalized spacial score (nSPS) is 11.4. The van der Waals surface area contributed by atoms with E-state index < -0.39 is 17.7 Å². The Morgan fingerprint density at radius 2 is 1.64 bits per heavy atom. The molecule has 0 fully saturated rings. The van der Waals surface area contributed by atoms with Crippen molar-refractivity contribution in [1.29, 1.82) is 0 Å². The third kappa shape index (κ3) is 4.81. The molecule has 3 N–H and O–H groups in total. The highest BCUT2D eigenvalue weighted by Crippen LogP contribution is 2.29. The molecule has 0 radical (unpaired) electrons. The first-order valence-corrected chi connectivity index (χ1v) is 8.16. The Kier molecular flexibility index (Phi) is 5.25. The molecule has 3 rings (SSSR count). The molecular weight excluding hydrogens is 377 g/mol. The summed E-state index contributed by atoms with van der Waals surface area (Å²) < 4.78 is 42.7. The van der Waals surface area contributed by atoms with Crippen LogP contribution in [-0.2, 0) is 19.0 Å². The molecule has 0 spiro atoms. The maximum atomic E-state index is 12.6. The summed E-state index contributed by atoms with van der Waals surface area (Å²) in [7, 11) is 0. The number of benzene rings is 2. The average molecular weight is 392 g/mol. The molecule has 0 unspecified atom stereocenters. The number of phenols is 2. The van der Waals surface area contributed by atoms with Crippen molar-refractivity contribution >= 4 is 5.97 Å². The number of hydrogen-bond acceptors (Lipinski definition) is 5. The van der Waals surface area contributed by atoms with E-state index in [2.05, 4.69) is 10.2 Å². The summed E-state index contributed by atoms with van der Waals surface area (Å²) >= 11 is 0. The second kappa shape index (κ2) is 7.63. The number of hydrogen-bond donors (Lipinski definition) is 3. The van der Waals surface area contributed by atoms with Gasteiger partial charge in [-0.3, -0.25) is 5.10 Å². The molecule has 0 amide bonds. The quantitative estimate of drug-likeness (QED) is 0.453. The van der Waals surface area contributed by atoms with Crippen LogP contribution in [0.25, 0.3) is 0 Å². The van der Waals surface area contributed by atoms with Crippen molar-refractivity contribution < 1.29 is 32.9 Å². The Balaban J connectivity index is 1.60. The number of ether oxygens (including phenoxy) is 1. The molecule has 28 heavy (non-hydrogen) atoms. The lowest BCUT2D eigenvalue weighted by Gasteiger charge is -2.07. The van der Waals surface area contributed by atoms with Crippen LogP contribution < -0.4 is 4.74 Å². The number of halogens is 3. The van der Waals surface area contributed by atoms with Crippen molar-refractivity contribution in [3.8, 4) is 17.2 Å². The van der Waals surface area contributed by atoms with Crippen molar-refractivity contribution in [1.82, 2.24) is 10.2 Å². The minimum Gasteiger partial charge on any atom is -0.508 e. The molecule has 3 aromatic rings. The predicted octanol–water partition coefficient (Wildman–Crippen LogP) is 3.84. The molecule has 9 heteroatoms. The van der Waals surface area contributed by atoms with Crippen LogP contribution in [0.5, 0.6) is 17.2 Å². The fraction of sp³-hybridized carbons (Fsp3) is 0.158. The Hall–Kier alpha value is -3.49. The number of nitrogens with one attached hydrogen (secondary N) is 1. The van der Waals surface area contributed by atoms with Gasteiger partial charge in [0.05, 0.1) is 11.3 Å². The summed E-state index contributed by atoms with van der Waals surface area (Å²) in [6.45, 7) is 0. The zero-order chi connectivity index (χ0) is 20.3. The molecule has 0 bridgehead atoms. The second-order valence-electron chi connectivity index (χ2n) is 6.04. The third-order valence-corrected chi connectivity index (χ3v) is 3.89. The minimum absolute atomic E-state index is 0.0385. The molecule has 2 aromatic carbocycles. The smallest absolute Gasteiger partial charge is 0.416 e. The number of H-pyrrole nitrogens is 1. The Morgan fingerprint density at radius 3 is 2.25 bits per heavy atom. The number of aromatic amines is 1. The van der Waals surface area contributed by atoms with Gasteiger partial charge in [0.2, 0.25) is 0 Å². The molecule has 0 aliphatic rings. The van der Waals surface area contributed by atoms with Gasteiger partial charge in [-0.15, -0.1) is 0 Å². The van der Waals surface area contributed by atoms with Crippen molar-refractivity contribution in [3.05, 3.63) is 71.0 Å². The highest BCUT2D eigenvalue weighted by atomic mass is 19.4. The van der Waals surface area contributed by atoms with E-state index in [-0.39, 0.29) is 22.9 Å². The zero-order valence-electron chi connectivity index (χ0n) is 14.3. The molecule has 0 saturated carbocycles. The monoisotopic (exact) mass is 392 g/mol. The molecule has 1 aromatic heterocycles. The SMILES string of the molecule is O=C(Oc1cc(O)cc(O)c1)c1cc(CCc2ccc(C(F)(F)F)cc2)n[nH]1. The van der Waals surface area contributed by atoms with E-state index in [9.17, 15) is 28.2 Å². The Labute approximate surface area is 157 Å². The van der Waals surface area contributed by atoms with Gasteiger partial charge in [0.25, 0.3) is 0 Å². The first-order valence-electron chi connectivity index (χ1n) is 8.16. The lowest BCUT2D eigenvalue weighted by Crippen LogP contribution is -2.08. The van der Waals surface area contributed by atoms with Crippen LogP contribution in [0.1, 0.15) is 27.3 Å². The van der Waals surface area contributed by atoms with Crippen molar-refractivity contribution in [2.24, 2.45) is 0 Å². The molecular formula is C19H15F3N2O4. The number of aromatic hydroxyl groups is 2. The zero-order valence-corrected chi connectivity index (χ0v) is 14.3. The summed E-state index contributed by atoms with van der Waals surface area (Å²) in [5.41, 5.74) is 0.588. The number of nitrogens with zero attached hydrogens (tertiary/aromatic N) is 1. The lowest BCUT2D eigenvalue weighted by molar-refractivity contribution is -0.137. The fourth-order valence-corrected chi connectivity index (χ4v) is 2.52. The van der Waals surface area contributed by atoms with Gasteiger partial charge in [-0.1, -0.05) is 12.1 Å². The second-order valence-corrected chi connectivity index (χ2v) is 6.04. The van der Waals surface area contributed by atoms with Crippen LogP contribution in [0, 0.1) is 0 Å². The summed E-state index contributed by atoms with van der Waals surface area (Å²) in [4.78, 5) is 12.1. The van der Waals surface area contributed by atoms with E-state index >= 15 is 0 Å². The number of esters is 1. The van der Waals surface area contributed by atoms with Gasteiger partial charge < -0.3 is 14.9 Å². The Bertz CT molecular complexity index is 961. The number of phenolic OH excluding ortho intramolecular Hbond substituents is 2. The van der Waals surface area contributed by atoms with Crippen molar-refractivity contribution in [3.63, 3.8) is 0 Å². The summed E-state index contributed by atoms with van der Waals surface area (Å²) in [6.07, 6.45) is -3.53. The van der Waals surface area contributed by atoms with E-state index in [0.717, 1.165) is 18.2 Å². The first kappa shape index (κ1) is 19.3. The topological polar surface area (TPSA) is 95.4 Å². The van der Waals surface area contributed by atoms with Crippen LogP contribution in [0.4, 0.5) is 13.2 Å². The van der Waals surface area contributed by atoms with E-state index in [4.69, 9.17) is 4.74 Å². The van der Waals surface area contributed by atoms with Gasteiger partial charge in [-0.25, -0.2) is 4.79 Å². The number of rotatable bonds is 5. The minimum atomic E-state index is -4.37. The van der Waals surface area contributed by atoms with Crippen LogP contribution in [0.15, 0.2) is 48.5 Å². The van der Waals surface area contributed by atoms with Gasteiger partial charge in [-0.2, -0.15) is 18.3 Å². The van der Waals surface area contributed by atoms with E-state index in [1.54, 1.807) is 0 Å². The first-order chi connectivity index (χ1) is 13.2. The number of aromatic nitrogens is 2. The van der Waals surface area contributed by atoms with Crippen molar-refractivity contribution in [2.75, 3.05) is 0 Å². The Morgan fingerprint density at radius 1 is 1.00 bits per heavy atom. The number of carbonyl (C=O) groups excluding carboxylic acids is 1. The molecule has 146 valence electrons. The number of carbonyl (C=O) groups is 1. The average Bonchev–Trinajstić information content (AvgIpc) is 3.08. The highest BCUT2D eigenvalue weighted by molar-refractivity contribution is 5.89. The van der Waals surface area contributed by atoms with Gasteiger partial charge in [0, 0.05) is 18.2 Å². The molecule has 0 aliphatic heterocycles. The molecule has 1 heterocycles. The number of aryl methyl sites for hydroxylation is 2. The summed E-state index contributed by atoms with van der Waals surface area (Å²) in [6, 6.07) is 9.74. The maximum Gasteiger partial charge on any atom is 0.416 e. The van der Waals surface area contributed by atoms with Crippen molar-refractivity contribution in [2.45, 2.75) is 19.0 Å². The standard InChI is InChI=1S/C19H15F3N2O4/c20-19(21,22)12-4-1-11(2-5-12)3-6-13-7-17(24-23-13)18(27)28-16-9-14(25)8-15(26)10-16/h1-2,4-5,7-10,25-26H,3,6H2,(H,23,24). The van der Waals surface area contributed by atoms with Gasteiger partial charge in [0.15, 0.2) is 0 Å². The highest BCUT2D eigenvalue weighted by Gasteiger charge is 2.29. The lowest BCUT2D eigenvalue weighted by atomic mass is 10.1. The predicted molar refractivity (Wildman–Crippen MR) is 92.2 cm³/mol. The maximum absolute atomic E-state index is 12.6. The van der Waals surface area contributed by atoms with Gasteiger partial charge in [0.1, 0.15) is 22.9 Å². The van der Waals surface area contributed by atoms with Crippen LogP contribution in [0.2, 0.25) is 0 Å². The molecule has 0 aliphatic carbocycles. The largest absolute Gasteiger partial charge is 0.508 e. The van der Waals surface area contributed by atoms with E-state index in [1.165, 1.54) is 30.3 Å². The van der Waals surface area contributed by atoms with E-state index in [0.29, 0.717) is 24.1 Å². The fourth-order valence-electron chi connectivity index (χ4n) is 2.52. The molecule has 6 nitrogen and oxygen atoms in total. The number of alkyl halides is 3. The molecule has 0 atom stereocenters. The molecule has 0 saturated heterocycles.